The molecule has 1 aromatic rings. The second kappa shape index (κ2) is 7.25. The summed E-state index contributed by atoms with van der Waals surface area (Å²) in [6, 6.07) is 8.05. The van der Waals surface area contributed by atoms with Gasteiger partial charge in [-0.3, -0.25) is 5.84 Å². The molecule has 0 aromatic heterocycles. The normalized spacial score (nSPS) is 19.5. The Hall–Kier alpha value is -1.10. The number of para-hydroxylation sites is 1. The van der Waals surface area contributed by atoms with Crippen molar-refractivity contribution in [2.75, 3.05) is 7.11 Å². The summed E-state index contributed by atoms with van der Waals surface area (Å²) in [5.41, 5.74) is 3.82. The van der Waals surface area contributed by atoms with Crippen molar-refractivity contribution in [1.29, 1.82) is 0 Å². The molecule has 0 amide bonds. The zero-order valence-electron chi connectivity index (χ0n) is 13.4. The van der Waals surface area contributed by atoms with E-state index in [0.717, 1.165) is 24.2 Å². The first-order valence-electron chi connectivity index (χ1n) is 7.90. The van der Waals surface area contributed by atoms with Crippen LogP contribution in [0.3, 0.4) is 0 Å². The highest BCUT2D eigenvalue weighted by atomic mass is 16.5. The first-order chi connectivity index (χ1) is 10.1. The number of methoxy groups -OCH3 is 1. The Kier molecular flexibility index (Phi) is 5.62. The summed E-state index contributed by atoms with van der Waals surface area (Å²) < 4.78 is 11.9. The number of rotatable bonds is 6. The highest BCUT2D eigenvalue weighted by molar-refractivity contribution is 5.38. The van der Waals surface area contributed by atoms with Gasteiger partial charge in [0.2, 0.25) is 0 Å². The molecular weight excluding hydrogens is 264 g/mol. The molecule has 4 heteroatoms. The first kappa shape index (κ1) is 16.3. The summed E-state index contributed by atoms with van der Waals surface area (Å²) in [4.78, 5) is 0. The van der Waals surface area contributed by atoms with Gasteiger partial charge in [0.15, 0.2) is 0 Å². The summed E-state index contributed by atoms with van der Waals surface area (Å²) in [6.07, 6.45) is 5.81. The molecule has 1 aliphatic carbocycles. The lowest BCUT2D eigenvalue weighted by Gasteiger charge is -2.42. The molecule has 0 saturated heterocycles. The lowest BCUT2D eigenvalue weighted by molar-refractivity contribution is -0.0694. The molecule has 0 aliphatic heterocycles. The first-order valence-corrected chi connectivity index (χ1v) is 7.90. The van der Waals surface area contributed by atoms with Crippen molar-refractivity contribution in [1.82, 2.24) is 5.43 Å². The van der Waals surface area contributed by atoms with Gasteiger partial charge in [0.1, 0.15) is 5.75 Å². The molecule has 3 N–H and O–H groups in total. The van der Waals surface area contributed by atoms with E-state index in [1.165, 1.54) is 19.3 Å². The van der Waals surface area contributed by atoms with Crippen molar-refractivity contribution in [3.8, 4) is 5.75 Å². The van der Waals surface area contributed by atoms with Crippen molar-refractivity contribution in [3.63, 3.8) is 0 Å². The molecular formula is C17H28N2O2. The van der Waals surface area contributed by atoms with E-state index >= 15 is 0 Å². The second-order valence-electron chi connectivity index (χ2n) is 6.13. The minimum absolute atomic E-state index is 0.0576. The van der Waals surface area contributed by atoms with Gasteiger partial charge < -0.3 is 9.47 Å². The Morgan fingerprint density at radius 3 is 2.38 bits per heavy atom. The molecule has 1 aliphatic rings. The van der Waals surface area contributed by atoms with Gasteiger partial charge in [-0.1, -0.05) is 37.5 Å². The number of hydrazine groups is 1. The van der Waals surface area contributed by atoms with E-state index in [2.05, 4.69) is 11.5 Å². The molecule has 1 aromatic carbocycles. The van der Waals surface area contributed by atoms with E-state index in [-0.39, 0.29) is 17.7 Å². The van der Waals surface area contributed by atoms with Crippen LogP contribution in [0.5, 0.6) is 5.75 Å². The molecule has 4 nitrogen and oxygen atoms in total. The van der Waals surface area contributed by atoms with Crippen LogP contribution < -0.4 is 16.0 Å². The SMILES string of the molecule is COC1(C(NN)c2ccccc2OC(C)C)CCCCC1. The smallest absolute Gasteiger partial charge is 0.124 e. The van der Waals surface area contributed by atoms with Crippen LogP contribution in [0.25, 0.3) is 0 Å². The number of nitrogens with two attached hydrogens (primary N) is 1. The highest BCUT2D eigenvalue weighted by Crippen LogP contribution is 2.43. The van der Waals surface area contributed by atoms with Gasteiger partial charge in [-0.15, -0.1) is 0 Å². The van der Waals surface area contributed by atoms with Crippen molar-refractivity contribution in [2.24, 2.45) is 5.84 Å². The molecule has 118 valence electrons. The number of hydrogen-bond donors (Lipinski definition) is 2. The van der Waals surface area contributed by atoms with Crippen molar-refractivity contribution < 1.29 is 9.47 Å². The predicted octanol–water partition coefficient (Wildman–Crippen LogP) is 3.33. The van der Waals surface area contributed by atoms with E-state index in [0.29, 0.717) is 0 Å². The van der Waals surface area contributed by atoms with E-state index in [9.17, 15) is 0 Å². The minimum Gasteiger partial charge on any atom is -0.491 e. The topological polar surface area (TPSA) is 56.5 Å². The van der Waals surface area contributed by atoms with Gasteiger partial charge in [-0.05, 0) is 32.8 Å². The van der Waals surface area contributed by atoms with Crippen LogP contribution in [0.2, 0.25) is 0 Å². The zero-order chi connectivity index (χ0) is 15.3. The molecule has 2 rings (SSSR count). The van der Waals surface area contributed by atoms with Gasteiger partial charge in [-0.2, -0.15) is 0 Å². The Balaban J connectivity index is 2.36. The molecule has 0 bridgehead atoms. The van der Waals surface area contributed by atoms with Crippen LogP contribution in [0, 0.1) is 0 Å². The molecule has 1 saturated carbocycles. The van der Waals surface area contributed by atoms with Crippen LogP contribution >= 0.6 is 0 Å². The van der Waals surface area contributed by atoms with E-state index in [4.69, 9.17) is 15.3 Å². The Labute approximate surface area is 128 Å². The molecule has 1 atom stereocenters. The van der Waals surface area contributed by atoms with E-state index in [1.54, 1.807) is 7.11 Å². The lowest BCUT2D eigenvalue weighted by atomic mass is 9.76. The van der Waals surface area contributed by atoms with Crippen molar-refractivity contribution in [3.05, 3.63) is 29.8 Å². The summed E-state index contributed by atoms with van der Waals surface area (Å²) in [5, 5.41) is 0. The number of benzene rings is 1. The van der Waals surface area contributed by atoms with Crippen LogP contribution in [0.15, 0.2) is 24.3 Å². The quantitative estimate of drug-likeness (QED) is 0.624. The number of nitrogens with one attached hydrogen (secondary N) is 1. The Bertz CT molecular complexity index is 442. The minimum atomic E-state index is -0.247. The van der Waals surface area contributed by atoms with Gasteiger partial charge in [0.05, 0.1) is 17.7 Å². The van der Waals surface area contributed by atoms with Gasteiger partial charge in [-0.25, -0.2) is 5.43 Å². The fourth-order valence-corrected chi connectivity index (χ4v) is 3.37. The fraction of sp³-hybridized carbons (Fsp3) is 0.647. The fourth-order valence-electron chi connectivity index (χ4n) is 3.37. The van der Waals surface area contributed by atoms with Crippen molar-refractivity contribution >= 4 is 0 Å². The molecule has 0 radical (unpaired) electrons. The zero-order valence-corrected chi connectivity index (χ0v) is 13.4. The van der Waals surface area contributed by atoms with Crippen LogP contribution in [-0.2, 0) is 4.74 Å². The lowest BCUT2D eigenvalue weighted by Crippen LogP contribution is -2.49. The molecule has 1 fully saturated rings. The molecule has 21 heavy (non-hydrogen) atoms. The summed E-state index contributed by atoms with van der Waals surface area (Å²) in [7, 11) is 1.79. The van der Waals surface area contributed by atoms with Gasteiger partial charge >= 0.3 is 0 Å². The monoisotopic (exact) mass is 292 g/mol. The molecule has 1 unspecified atom stereocenters. The molecule has 0 spiro atoms. The molecule has 0 heterocycles. The Morgan fingerprint density at radius 2 is 1.81 bits per heavy atom. The second-order valence-corrected chi connectivity index (χ2v) is 6.13. The average Bonchev–Trinajstić information content (AvgIpc) is 2.50. The third kappa shape index (κ3) is 3.57. The summed E-state index contributed by atoms with van der Waals surface area (Å²) >= 11 is 0. The van der Waals surface area contributed by atoms with E-state index in [1.807, 2.05) is 32.0 Å². The van der Waals surface area contributed by atoms with E-state index < -0.39 is 0 Å². The third-order valence-corrected chi connectivity index (χ3v) is 4.39. The Morgan fingerprint density at radius 1 is 1.14 bits per heavy atom. The summed E-state index contributed by atoms with van der Waals surface area (Å²) in [6.45, 7) is 4.07. The summed E-state index contributed by atoms with van der Waals surface area (Å²) in [5.74, 6) is 6.80. The van der Waals surface area contributed by atoms with Crippen LogP contribution in [-0.4, -0.2) is 18.8 Å². The number of hydrogen-bond acceptors (Lipinski definition) is 4. The maximum Gasteiger partial charge on any atom is 0.124 e. The maximum atomic E-state index is 5.96. The largest absolute Gasteiger partial charge is 0.491 e. The van der Waals surface area contributed by atoms with Crippen LogP contribution in [0.4, 0.5) is 0 Å². The predicted molar refractivity (Wildman–Crippen MR) is 85.1 cm³/mol. The number of ether oxygens (including phenoxy) is 2. The standard InChI is InChI=1S/C17H28N2O2/c1-13(2)21-15-10-6-5-9-14(15)16(19-18)17(20-3)11-7-4-8-12-17/h5-6,9-10,13,16,19H,4,7-8,11-12,18H2,1-3H3. The van der Waals surface area contributed by atoms with Crippen LogP contribution in [0.1, 0.15) is 57.6 Å². The van der Waals surface area contributed by atoms with Crippen molar-refractivity contribution in [2.45, 2.75) is 63.7 Å². The average molecular weight is 292 g/mol. The third-order valence-electron chi connectivity index (χ3n) is 4.39. The van der Waals surface area contributed by atoms with Gasteiger partial charge in [0.25, 0.3) is 0 Å². The van der Waals surface area contributed by atoms with Gasteiger partial charge in [0, 0.05) is 12.7 Å². The maximum absolute atomic E-state index is 5.96. The highest BCUT2D eigenvalue weighted by Gasteiger charge is 2.41.